The van der Waals surface area contributed by atoms with E-state index < -0.39 is 5.97 Å². The predicted octanol–water partition coefficient (Wildman–Crippen LogP) is 4.18. The topological polar surface area (TPSA) is 93.2 Å². The molecule has 2 aromatic carbocycles. The Bertz CT molecular complexity index is 1040. The van der Waals surface area contributed by atoms with Crippen LogP contribution in [0.25, 0.3) is 0 Å². The Labute approximate surface area is 169 Å². The minimum atomic E-state index is -0.471. The first-order valence-corrected chi connectivity index (χ1v) is 9.04. The zero-order chi connectivity index (χ0) is 21.0. The zero-order valence-corrected chi connectivity index (χ0v) is 16.7. The molecule has 1 heterocycles. The Morgan fingerprint density at radius 1 is 0.931 bits per heavy atom. The Morgan fingerprint density at radius 2 is 1.59 bits per heavy atom. The third kappa shape index (κ3) is 4.76. The lowest BCUT2D eigenvalue weighted by Gasteiger charge is -2.13. The summed E-state index contributed by atoms with van der Waals surface area (Å²) in [7, 11) is 1.31. The number of esters is 1. The quantitative estimate of drug-likeness (QED) is 0.635. The van der Waals surface area contributed by atoms with Crippen LogP contribution in [-0.2, 0) is 4.74 Å². The number of hydrogen-bond acceptors (Lipinski definition) is 6. The van der Waals surface area contributed by atoms with Crippen molar-refractivity contribution in [2.75, 3.05) is 17.7 Å². The maximum atomic E-state index is 12.5. The lowest BCUT2D eigenvalue weighted by Crippen LogP contribution is -2.14. The SMILES string of the molecule is COC(=O)c1cccc(NC(=O)c2cnc(Nc3c(C)cc(C)cc3C)nc2)c1. The second-order valence-corrected chi connectivity index (χ2v) is 6.72. The summed E-state index contributed by atoms with van der Waals surface area (Å²) < 4.78 is 4.69. The van der Waals surface area contributed by atoms with Crippen LogP contribution in [0.2, 0.25) is 0 Å². The van der Waals surface area contributed by atoms with E-state index in [2.05, 4.69) is 44.4 Å². The number of ether oxygens (including phenoxy) is 1. The van der Waals surface area contributed by atoms with E-state index in [9.17, 15) is 9.59 Å². The zero-order valence-electron chi connectivity index (χ0n) is 16.7. The highest BCUT2D eigenvalue weighted by atomic mass is 16.5. The van der Waals surface area contributed by atoms with Crippen LogP contribution in [0.5, 0.6) is 0 Å². The number of aromatic nitrogens is 2. The number of carbonyl (C=O) groups excluding carboxylic acids is 2. The molecule has 0 saturated carbocycles. The first-order valence-electron chi connectivity index (χ1n) is 9.04. The molecule has 0 radical (unpaired) electrons. The van der Waals surface area contributed by atoms with Gasteiger partial charge in [-0.1, -0.05) is 23.8 Å². The second-order valence-electron chi connectivity index (χ2n) is 6.72. The summed E-state index contributed by atoms with van der Waals surface area (Å²) in [5.74, 6) is -0.438. The Hall–Kier alpha value is -3.74. The van der Waals surface area contributed by atoms with Crippen molar-refractivity contribution in [1.29, 1.82) is 0 Å². The van der Waals surface area contributed by atoms with E-state index in [-0.39, 0.29) is 5.91 Å². The summed E-state index contributed by atoms with van der Waals surface area (Å²) in [6.45, 7) is 6.09. The van der Waals surface area contributed by atoms with Gasteiger partial charge in [0, 0.05) is 23.8 Å². The first kappa shape index (κ1) is 20.0. The summed E-state index contributed by atoms with van der Waals surface area (Å²) in [5.41, 5.74) is 5.46. The highest BCUT2D eigenvalue weighted by Crippen LogP contribution is 2.24. The average Bonchev–Trinajstić information content (AvgIpc) is 2.70. The van der Waals surface area contributed by atoms with Crippen molar-refractivity contribution in [2.24, 2.45) is 0 Å². The van der Waals surface area contributed by atoms with Gasteiger partial charge in [-0.25, -0.2) is 14.8 Å². The molecule has 0 bridgehead atoms. The number of nitrogens with one attached hydrogen (secondary N) is 2. The molecule has 7 nitrogen and oxygen atoms in total. The van der Waals surface area contributed by atoms with Gasteiger partial charge in [0.25, 0.3) is 5.91 Å². The summed E-state index contributed by atoms with van der Waals surface area (Å²) >= 11 is 0. The number of benzene rings is 2. The number of carbonyl (C=O) groups is 2. The molecule has 0 unspecified atom stereocenters. The Balaban J connectivity index is 1.72. The molecule has 2 N–H and O–H groups in total. The van der Waals surface area contributed by atoms with Gasteiger partial charge in [0.05, 0.1) is 18.2 Å². The molecule has 3 aromatic rings. The third-order valence-corrected chi connectivity index (χ3v) is 4.37. The number of anilines is 3. The van der Waals surface area contributed by atoms with Crippen LogP contribution in [0.1, 0.15) is 37.4 Å². The minimum Gasteiger partial charge on any atom is -0.465 e. The molecular weight excluding hydrogens is 368 g/mol. The Morgan fingerprint density at radius 3 is 2.21 bits per heavy atom. The van der Waals surface area contributed by atoms with Crippen molar-refractivity contribution in [3.05, 3.63) is 76.6 Å². The van der Waals surface area contributed by atoms with Crippen molar-refractivity contribution < 1.29 is 14.3 Å². The maximum absolute atomic E-state index is 12.5. The molecule has 1 amide bonds. The van der Waals surface area contributed by atoms with E-state index in [4.69, 9.17) is 0 Å². The molecule has 148 valence electrons. The van der Waals surface area contributed by atoms with Crippen LogP contribution >= 0.6 is 0 Å². The number of rotatable bonds is 5. The summed E-state index contributed by atoms with van der Waals surface area (Å²) in [4.78, 5) is 32.6. The maximum Gasteiger partial charge on any atom is 0.337 e. The molecule has 0 atom stereocenters. The van der Waals surface area contributed by atoms with Gasteiger partial charge in [0.2, 0.25) is 5.95 Å². The molecule has 29 heavy (non-hydrogen) atoms. The lowest BCUT2D eigenvalue weighted by atomic mass is 10.1. The van der Waals surface area contributed by atoms with Crippen LogP contribution in [0.4, 0.5) is 17.3 Å². The third-order valence-electron chi connectivity index (χ3n) is 4.37. The molecule has 0 spiro atoms. The van der Waals surface area contributed by atoms with Crippen molar-refractivity contribution in [2.45, 2.75) is 20.8 Å². The monoisotopic (exact) mass is 390 g/mol. The number of methoxy groups -OCH3 is 1. The van der Waals surface area contributed by atoms with Gasteiger partial charge >= 0.3 is 5.97 Å². The van der Waals surface area contributed by atoms with Gasteiger partial charge in [-0.3, -0.25) is 4.79 Å². The van der Waals surface area contributed by atoms with Crippen LogP contribution in [-0.4, -0.2) is 29.0 Å². The average molecular weight is 390 g/mol. The van der Waals surface area contributed by atoms with Gasteiger partial charge < -0.3 is 15.4 Å². The van der Waals surface area contributed by atoms with E-state index in [0.29, 0.717) is 22.8 Å². The molecular formula is C22H22N4O3. The van der Waals surface area contributed by atoms with Crippen LogP contribution in [0, 0.1) is 20.8 Å². The van der Waals surface area contributed by atoms with Gasteiger partial charge in [0.15, 0.2) is 0 Å². The molecule has 0 aliphatic rings. The van der Waals surface area contributed by atoms with Gasteiger partial charge in [-0.05, 0) is 50.1 Å². The van der Waals surface area contributed by atoms with Crippen molar-refractivity contribution in [1.82, 2.24) is 9.97 Å². The van der Waals surface area contributed by atoms with Crippen molar-refractivity contribution in [3.63, 3.8) is 0 Å². The molecule has 1 aromatic heterocycles. The number of hydrogen-bond donors (Lipinski definition) is 2. The lowest BCUT2D eigenvalue weighted by molar-refractivity contribution is 0.0600. The Kier molecular flexibility index (Phi) is 5.87. The van der Waals surface area contributed by atoms with Gasteiger partial charge in [0.1, 0.15) is 0 Å². The number of nitrogens with zero attached hydrogens (tertiary/aromatic N) is 2. The molecule has 0 aliphatic heterocycles. The van der Waals surface area contributed by atoms with E-state index in [1.54, 1.807) is 24.3 Å². The molecule has 7 heteroatoms. The van der Waals surface area contributed by atoms with E-state index in [0.717, 1.165) is 16.8 Å². The molecule has 0 aliphatic carbocycles. The molecule has 0 fully saturated rings. The fourth-order valence-corrected chi connectivity index (χ4v) is 3.04. The smallest absolute Gasteiger partial charge is 0.337 e. The fraction of sp³-hybridized carbons (Fsp3) is 0.182. The van der Waals surface area contributed by atoms with Gasteiger partial charge in [-0.2, -0.15) is 0 Å². The van der Waals surface area contributed by atoms with E-state index >= 15 is 0 Å². The number of amides is 1. The summed E-state index contributed by atoms with van der Waals surface area (Å²) in [5, 5.41) is 5.93. The predicted molar refractivity (Wildman–Crippen MR) is 112 cm³/mol. The summed E-state index contributed by atoms with van der Waals surface area (Å²) in [6.07, 6.45) is 2.90. The minimum absolute atomic E-state index is 0.302. The first-order chi connectivity index (χ1) is 13.9. The van der Waals surface area contributed by atoms with Crippen LogP contribution in [0.15, 0.2) is 48.8 Å². The van der Waals surface area contributed by atoms with E-state index in [1.165, 1.54) is 25.1 Å². The highest BCUT2D eigenvalue weighted by molar-refractivity contribution is 6.04. The second kappa shape index (κ2) is 8.52. The van der Waals surface area contributed by atoms with Crippen LogP contribution in [0.3, 0.4) is 0 Å². The van der Waals surface area contributed by atoms with Gasteiger partial charge in [-0.15, -0.1) is 0 Å². The largest absolute Gasteiger partial charge is 0.465 e. The highest BCUT2D eigenvalue weighted by Gasteiger charge is 2.11. The standard InChI is InChI=1S/C22H22N4O3/c1-13-8-14(2)19(15(3)9-13)26-22-23-11-17(12-24-22)20(27)25-18-7-5-6-16(10-18)21(28)29-4/h5-12H,1-4H3,(H,25,27)(H,23,24,26). The summed E-state index contributed by atoms with van der Waals surface area (Å²) in [6, 6.07) is 10.7. The van der Waals surface area contributed by atoms with E-state index in [1.807, 2.05) is 13.8 Å². The van der Waals surface area contributed by atoms with Crippen molar-refractivity contribution in [3.8, 4) is 0 Å². The number of aryl methyl sites for hydroxylation is 3. The fourth-order valence-electron chi connectivity index (χ4n) is 3.04. The van der Waals surface area contributed by atoms with Crippen LogP contribution < -0.4 is 10.6 Å². The molecule has 3 rings (SSSR count). The van der Waals surface area contributed by atoms with Crippen molar-refractivity contribution >= 4 is 29.2 Å². The molecule has 0 saturated heterocycles. The normalized spacial score (nSPS) is 10.3.